The molecule has 0 aromatic heterocycles. The van der Waals surface area contributed by atoms with E-state index in [4.69, 9.17) is 0 Å². The lowest BCUT2D eigenvalue weighted by molar-refractivity contribution is -0.137. The molecule has 3 rings (SSSR count). The monoisotopic (exact) mass is 354 g/mol. The molecule has 0 unspecified atom stereocenters. The number of benzene rings is 1. The Morgan fingerprint density at radius 1 is 1.33 bits per heavy atom. The van der Waals surface area contributed by atoms with E-state index >= 15 is 0 Å². The highest BCUT2D eigenvalue weighted by atomic mass is 79.9. The van der Waals surface area contributed by atoms with Crippen LogP contribution in [0.5, 0.6) is 0 Å². The number of halogens is 2. The Balaban J connectivity index is 1.63. The second-order valence-corrected chi connectivity index (χ2v) is 6.61. The molecule has 2 amide bonds. The summed E-state index contributed by atoms with van der Waals surface area (Å²) < 4.78 is 14.0. The third-order valence-electron chi connectivity index (χ3n) is 4.33. The summed E-state index contributed by atoms with van der Waals surface area (Å²) in [5.41, 5.74) is 0.0122. The zero-order valence-corrected chi connectivity index (χ0v) is 13.2. The Hall–Kier alpha value is -1.43. The lowest BCUT2D eigenvalue weighted by Crippen LogP contribution is -2.42. The molecule has 0 heterocycles. The molecule has 1 aromatic rings. The van der Waals surface area contributed by atoms with Gasteiger partial charge in [0.2, 0.25) is 11.8 Å². The van der Waals surface area contributed by atoms with Crippen molar-refractivity contribution in [3.05, 3.63) is 34.1 Å². The summed E-state index contributed by atoms with van der Waals surface area (Å²) in [4.78, 5) is 24.0. The van der Waals surface area contributed by atoms with Crippen LogP contribution >= 0.6 is 15.9 Å². The van der Waals surface area contributed by atoms with Crippen LogP contribution in [0.4, 0.5) is 4.39 Å². The summed E-state index contributed by atoms with van der Waals surface area (Å²) in [5, 5.41) is 5.46. The number of carbonyl (C=O) groups is 2. The normalized spacial score (nSPS) is 25.1. The average Bonchev–Trinajstić information content (AvgIpc) is 3.34. The van der Waals surface area contributed by atoms with E-state index in [0.717, 1.165) is 12.0 Å². The first kappa shape index (κ1) is 14.5. The smallest absolute Gasteiger partial charge is 0.235 e. The number of rotatable bonds is 4. The van der Waals surface area contributed by atoms with Gasteiger partial charge < -0.3 is 10.6 Å². The molecule has 2 N–H and O–H groups in total. The van der Waals surface area contributed by atoms with Crippen LogP contribution in [-0.4, -0.2) is 24.9 Å². The Kier molecular flexibility index (Phi) is 3.51. The fraction of sp³-hybridized carbons (Fsp3) is 0.467. The lowest BCUT2D eigenvalue weighted by atomic mass is 10.1. The van der Waals surface area contributed by atoms with E-state index in [1.54, 1.807) is 13.1 Å². The summed E-state index contributed by atoms with van der Waals surface area (Å²) in [6, 6.07) is 5.02. The summed E-state index contributed by atoms with van der Waals surface area (Å²) in [6.45, 7) is 0. The molecule has 2 aliphatic rings. The van der Waals surface area contributed by atoms with E-state index in [2.05, 4.69) is 26.6 Å². The highest BCUT2D eigenvalue weighted by Gasteiger charge is 2.57. The minimum Gasteiger partial charge on any atom is -0.358 e. The van der Waals surface area contributed by atoms with Crippen LogP contribution in [0.15, 0.2) is 22.7 Å². The highest BCUT2D eigenvalue weighted by Crippen LogP contribution is 2.48. The first-order valence-corrected chi connectivity index (χ1v) is 7.75. The van der Waals surface area contributed by atoms with Crippen LogP contribution in [0.3, 0.4) is 0 Å². The van der Waals surface area contributed by atoms with E-state index in [9.17, 15) is 14.0 Å². The molecule has 6 heteroatoms. The van der Waals surface area contributed by atoms with Crippen LogP contribution in [0.2, 0.25) is 0 Å². The van der Waals surface area contributed by atoms with Crippen molar-refractivity contribution in [1.82, 2.24) is 10.6 Å². The predicted octanol–water partition coefficient (Wildman–Crippen LogP) is 2.09. The zero-order chi connectivity index (χ0) is 15.2. The van der Waals surface area contributed by atoms with E-state index in [-0.39, 0.29) is 29.6 Å². The molecule has 0 spiro atoms. The maximum absolute atomic E-state index is 13.5. The van der Waals surface area contributed by atoms with Gasteiger partial charge in [-0.05, 0) is 52.9 Å². The predicted molar refractivity (Wildman–Crippen MR) is 79.1 cm³/mol. The van der Waals surface area contributed by atoms with Gasteiger partial charge in [-0.15, -0.1) is 0 Å². The van der Waals surface area contributed by atoms with Gasteiger partial charge in [0.25, 0.3) is 0 Å². The minimum absolute atomic E-state index is 0.000191. The van der Waals surface area contributed by atoms with Gasteiger partial charge in [-0.2, -0.15) is 0 Å². The summed E-state index contributed by atoms with van der Waals surface area (Å²) >= 11 is 3.12. The van der Waals surface area contributed by atoms with Crippen LogP contribution < -0.4 is 10.6 Å². The first-order valence-electron chi connectivity index (χ1n) is 6.96. The Bertz CT molecular complexity index is 616. The molecule has 2 atom stereocenters. The number of hydrogen-bond donors (Lipinski definition) is 2. The van der Waals surface area contributed by atoms with Crippen molar-refractivity contribution >= 4 is 27.7 Å². The molecular formula is C15H16BrFN2O2. The Labute approximate surface area is 130 Å². The molecular weight excluding hydrogens is 339 g/mol. The van der Waals surface area contributed by atoms with Crippen molar-refractivity contribution in [2.24, 2.45) is 5.41 Å². The van der Waals surface area contributed by atoms with Crippen LogP contribution in [0.25, 0.3) is 0 Å². The van der Waals surface area contributed by atoms with Gasteiger partial charge in [-0.25, -0.2) is 4.39 Å². The molecule has 21 heavy (non-hydrogen) atoms. The van der Waals surface area contributed by atoms with Gasteiger partial charge in [0.05, 0.1) is 4.47 Å². The van der Waals surface area contributed by atoms with Gasteiger partial charge >= 0.3 is 0 Å². The molecule has 0 saturated heterocycles. The van der Waals surface area contributed by atoms with Gasteiger partial charge in [0.1, 0.15) is 11.2 Å². The molecule has 0 bridgehead atoms. The van der Waals surface area contributed by atoms with Crippen molar-refractivity contribution < 1.29 is 14.0 Å². The van der Waals surface area contributed by atoms with Crippen molar-refractivity contribution in [3.63, 3.8) is 0 Å². The minimum atomic E-state index is -0.868. The number of hydrogen-bond acceptors (Lipinski definition) is 2. The SMILES string of the molecule is CNC(=O)C1(C(=O)N[C@@H]2C[C@H]2c2ccc(Br)c(F)c2)CC1. The van der Waals surface area contributed by atoms with Crippen molar-refractivity contribution in [2.75, 3.05) is 7.05 Å². The molecule has 2 aliphatic carbocycles. The third-order valence-corrected chi connectivity index (χ3v) is 4.97. The maximum atomic E-state index is 13.5. The number of nitrogens with one attached hydrogen (secondary N) is 2. The van der Waals surface area contributed by atoms with Crippen molar-refractivity contribution in [2.45, 2.75) is 31.2 Å². The second kappa shape index (κ2) is 5.09. The van der Waals surface area contributed by atoms with Crippen LogP contribution in [0.1, 0.15) is 30.7 Å². The highest BCUT2D eigenvalue weighted by molar-refractivity contribution is 9.10. The van der Waals surface area contributed by atoms with Gasteiger partial charge in [0.15, 0.2) is 0 Å². The molecule has 4 nitrogen and oxygen atoms in total. The van der Waals surface area contributed by atoms with Crippen molar-refractivity contribution in [3.8, 4) is 0 Å². The number of carbonyl (C=O) groups excluding carboxylic acids is 2. The maximum Gasteiger partial charge on any atom is 0.235 e. The topological polar surface area (TPSA) is 58.2 Å². The Morgan fingerprint density at radius 2 is 2.05 bits per heavy atom. The van der Waals surface area contributed by atoms with Crippen LogP contribution in [0, 0.1) is 11.2 Å². The largest absolute Gasteiger partial charge is 0.358 e. The zero-order valence-electron chi connectivity index (χ0n) is 11.6. The van der Waals surface area contributed by atoms with Gasteiger partial charge in [-0.3, -0.25) is 9.59 Å². The standard InChI is InChI=1S/C15H16BrFN2O2/c1-18-13(20)15(4-5-15)14(21)19-12-7-9(12)8-2-3-10(16)11(17)6-8/h2-3,6,9,12H,4-5,7H2,1H3,(H,18,20)(H,19,21)/t9-,12+/m0/s1. The van der Waals surface area contributed by atoms with E-state index in [0.29, 0.717) is 17.3 Å². The quantitative estimate of drug-likeness (QED) is 0.813. The van der Waals surface area contributed by atoms with E-state index < -0.39 is 5.41 Å². The lowest BCUT2D eigenvalue weighted by Gasteiger charge is -2.13. The molecule has 0 aliphatic heterocycles. The Morgan fingerprint density at radius 3 is 2.62 bits per heavy atom. The van der Waals surface area contributed by atoms with Crippen molar-refractivity contribution in [1.29, 1.82) is 0 Å². The first-order chi connectivity index (χ1) is 9.98. The summed E-state index contributed by atoms with van der Waals surface area (Å²) in [7, 11) is 1.54. The van der Waals surface area contributed by atoms with E-state index in [1.165, 1.54) is 6.07 Å². The molecule has 112 valence electrons. The van der Waals surface area contributed by atoms with E-state index in [1.807, 2.05) is 6.07 Å². The number of amides is 2. The summed E-state index contributed by atoms with van der Waals surface area (Å²) in [6.07, 6.45) is 1.99. The van der Waals surface area contributed by atoms with Gasteiger partial charge in [0, 0.05) is 19.0 Å². The fourth-order valence-electron chi connectivity index (χ4n) is 2.69. The second-order valence-electron chi connectivity index (χ2n) is 5.76. The summed E-state index contributed by atoms with van der Waals surface area (Å²) in [5.74, 6) is -0.579. The molecule has 0 radical (unpaired) electrons. The van der Waals surface area contributed by atoms with Crippen LogP contribution in [-0.2, 0) is 9.59 Å². The fourth-order valence-corrected chi connectivity index (χ4v) is 2.94. The average molecular weight is 355 g/mol. The molecule has 2 saturated carbocycles. The molecule has 1 aromatic carbocycles. The molecule has 2 fully saturated rings. The van der Waals surface area contributed by atoms with Gasteiger partial charge in [-0.1, -0.05) is 6.07 Å². The third kappa shape index (κ3) is 2.57.